The highest BCUT2D eigenvalue weighted by Crippen LogP contribution is 2.66. The van der Waals surface area contributed by atoms with Gasteiger partial charge in [-0.05, 0) is 79.3 Å². The minimum atomic E-state index is -0.351. The van der Waals surface area contributed by atoms with Gasteiger partial charge >= 0.3 is 5.97 Å². The van der Waals surface area contributed by atoms with Crippen molar-refractivity contribution in [1.29, 1.82) is 0 Å². The third-order valence-corrected chi connectivity index (χ3v) is 8.67. The maximum absolute atomic E-state index is 12.3. The Morgan fingerprint density at radius 3 is 2.71 bits per heavy atom. The molecule has 0 heterocycles. The van der Waals surface area contributed by atoms with Crippen molar-refractivity contribution in [3.63, 3.8) is 0 Å². The van der Waals surface area contributed by atoms with Crippen molar-refractivity contribution in [2.45, 2.75) is 72.3 Å². The van der Waals surface area contributed by atoms with E-state index < -0.39 is 0 Å². The van der Waals surface area contributed by atoms with Gasteiger partial charge in [-0.1, -0.05) is 31.9 Å². The second-order valence-electron chi connectivity index (χ2n) is 10.2. The van der Waals surface area contributed by atoms with Crippen LogP contribution >= 0.6 is 0 Å². The number of fused-ring (bicyclic) bond motifs is 5. The molecule has 0 aromatic rings. The smallest absolute Gasteiger partial charge is 0.302 e. The highest BCUT2D eigenvalue weighted by atomic mass is 16.5. The second kappa shape index (κ2) is 6.83. The molecule has 0 bridgehead atoms. The van der Waals surface area contributed by atoms with E-state index >= 15 is 0 Å². The number of aliphatic hydroxyl groups excluding tert-OH is 1. The molecule has 0 aliphatic heterocycles. The van der Waals surface area contributed by atoms with Crippen molar-refractivity contribution in [3.8, 4) is 0 Å². The molecule has 0 amide bonds. The predicted octanol–water partition coefficient (Wildman–Crippen LogP) is 4.22. The average Bonchev–Trinajstić information content (AvgIpc) is 2.92. The summed E-state index contributed by atoms with van der Waals surface area (Å²) >= 11 is 0. The number of rotatable bonds is 2. The first-order valence-corrected chi connectivity index (χ1v) is 10.9. The summed E-state index contributed by atoms with van der Waals surface area (Å²) in [5.41, 5.74) is 2.58. The maximum atomic E-state index is 12.3. The molecule has 3 saturated carbocycles. The number of carbonyl (C=O) groups is 2. The van der Waals surface area contributed by atoms with Crippen molar-refractivity contribution in [3.05, 3.63) is 23.3 Å². The van der Waals surface area contributed by atoms with Crippen LogP contribution in [0.5, 0.6) is 0 Å². The third kappa shape index (κ3) is 2.91. The molecule has 0 aromatic heterocycles. The van der Waals surface area contributed by atoms with Gasteiger partial charge in [-0.25, -0.2) is 0 Å². The van der Waals surface area contributed by atoms with Crippen molar-refractivity contribution in [2.75, 3.05) is 6.61 Å². The fraction of sp³-hybridized carbons (Fsp3) is 0.750. The fourth-order valence-corrected chi connectivity index (χ4v) is 7.47. The van der Waals surface area contributed by atoms with Gasteiger partial charge in [0.2, 0.25) is 0 Å². The summed E-state index contributed by atoms with van der Waals surface area (Å²) in [5.74, 6) is 1.37. The molecule has 154 valence electrons. The van der Waals surface area contributed by atoms with E-state index in [4.69, 9.17) is 4.74 Å². The highest BCUT2D eigenvalue weighted by Gasteiger charge is 2.61. The molecule has 0 saturated heterocycles. The van der Waals surface area contributed by atoms with Crippen LogP contribution in [0.25, 0.3) is 0 Å². The summed E-state index contributed by atoms with van der Waals surface area (Å²) in [4.78, 5) is 23.4. The molecule has 0 radical (unpaired) electrons. The Kier molecular flexibility index (Phi) is 4.85. The predicted molar refractivity (Wildman–Crippen MR) is 107 cm³/mol. The molecular formula is C24H34O4. The van der Waals surface area contributed by atoms with Gasteiger partial charge in [0, 0.05) is 12.8 Å². The minimum absolute atomic E-state index is 0.00554. The van der Waals surface area contributed by atoms with Crippen LogP contribution in [0.4, 0.5) is 0 Å². The Hall–Kier alpha value is -1.42. The molecule has 4 rings (SSSR count). The number of carbonyl (C=O) groups excluding carboxylic acids is 2. The van der Waals surface area contributed by atoms with Crippen LogP contribution in [0, 0.1) is 34.5 Å². The van der Waals surface area contributed by atoms with Gasteiger partial charge in [0.25, 0.3) is 0 Å². The van der Waals surface area contributed by atoms with E-state index in [1.165, 1.54) is 18.1 Å². The number of ketones is 1. The summed E-state index contributed by atoms with van der Waals surface area (Å²) in [7, 11) is 0. The van der Waals surface area contributed by atoms with Gasteiger partial charge in [-0.2, -0.15) is 0 Å². The van der Waals surface area contributed by atoms with Gasteiger partial charge in [0.1, 0.15) is 6.61 Å². The lowest BCUT2D eigenvalue weighted by atomic mass is 9.46. The molecule has 0 aromatic carbocycles. The van der Waals surface area contributed by atoms with Gasteiger partial charge in [0.05, 0.1) is 6.10 Å². The molecule has 4 heteroatoms. The van der Waals surface area contributed by atoms with Crippen LogP contribution < -0.4 is 0 Å². The zero-order chi connectivity index (χ0) is 20.3. The zero-order valence-corrected chi connectivity index (χ0v) is 17.7. The third-order valence-electron chi connectivity index (χ3n) is 8.67. The Balaban J connectivity index is 1.64. The molecular weight excluding hydrogens is 352 g/mol. The van der Waals surface area contributed by atoms with Crippen LogP contribution in [0.3, 0.4) is 0 Å². The molecule has 7 atom stereocenters. The topological polar surface area (TPSA) is 63.6 Å². The molecule has 4 aliphatic rings. The molecule has 0 spiro atoms. The number of hydrogen-bond acceptors (Lipinski definition) is 4. The lowest BCUT2D eigenvalue weighted by Gasteiger charge is -2.59. The van der Waals surface area contributed by atoms with E-state index in [9.17, 15) is 14.7 Å². The molecule has 0 unspecified atom stereocenters. The summed E-state index contributed by atoms with van der Waals surface area (Å²) in [6.45, 7) is 8.42. The molecule has 28 heavy (non-hydrogen) atoms. The molecule has 4 nitrogen and oxygen atoms in total. The summed E-state index contributed by atoms with van der Waals surface area (Å²) < 4.78 is 5.15. The molecule has 4 aliphatic carbocycles. The number of allylic oxidation sites excluding steroid dienone is 2. The summed E-state index contributed by atoms with van der Waals surface area (Å²) in [5, 5.41) is 11.4. The Morgan fingerprint density at radius 2 is 2.00 bits per heavy atom. The number of hydrogen-bond donors (Lipinski definition) is 1. The maximum Gasteiger partial charge on any atom is 0.302 e. The SMILES string of the molecule is CC(=O)OC/C=C1\CC[C@@H]2[C@@H]3CCC4=CC(=O)[C@H](C)C[C@]4(C)[C@@H]3[C@H](O)C[C@@]12C. The average molecular weight is 387 g/mol. The number of ether oxygens (including phenoxy) is 1. The first-order chi connectivity index (χ1) is 13.2. The van der Waals surface area contributed by atoms with Gasteiger partial charge in [-0.3, -0.25) is 9.59 Å². The Morgan fingerprint density at radius 1 is 1.25 bits per heavy atom. The minimum Gasteiger partial charge on any atom is -0.462 e. The second-order valence-corrected chi connectivity index (χ2v) is 10.2. The van der Waals surface area contributed by atoms with Crippen molar-refractivity contribution in [1.82, 2.24) is 0 Å². The van der Waals surface area contributed by atoms with E-state index in [2.05, 4.69) is 19.9 Å². The van der Waals surface area contributed by atoms with Crippen LogP contribution in [0.15, 0.2) is 23.3 Å². The molecule has 1 N–H and O–H groups in total. The Bertz CT molecular complexity index is 750. The zero-order valence-electron chi connectivity index (χ0n) is 17.7. The van der Waals surface area contributed by atoms with E-state index in [1.807, 2.05) is 13.0 Å². The fourth-order valence-electron chi connectivity index (χ4n) is 7.47. The van der Waals surface area contributed by atoms with Crippen LogP contribution in [0.1, 0.15) is 66.2 Å². The van der Waals surface area contributed by atoms with Gasteiger partial charge in [-0.15, -0.1) is 0 Å². The van der Waals surface area contributed by atoms with E-state index in [0.29, 0.717) is 18.4 Å². The van der Waals surface area contributed by atoms with Gasteiger partial charge in [0.15, 0.2) is 5.78 Å². The van der Waals surface area contributed by atoms with Crippen molar-refractivity contribution < 1.29 is 19.4 Å². The largest absolute Gasteiger partial charge is 0.462 e. The van der Waals surface area contributed by atoms with Crippen LogP contribution in [0.2, 0.25) is 0 Å². The lowest BCUT2D eigenvalue weighted by Crippen LogP contribution is -2.56. The summed E-state index contributed by atoms with van der Waals surface area (Å²) in [6.07, 6.45) is 9.53. The van der Waals surface area contributed by atoms with E-state index in [1.54, 1.807) is 0 Å². The normalized spacial score (nSPS) is 46.5. The first kappa shape index (κ1) is 19.9. The van der Waals surface area contributed by atoms with Crippen molar-refractivity contribution in [2.24, 2.45) is 34.5 Å². The molecule has 3 fully saturated rings. The Labute approximate surface area is 168 Å². The first-order valence-electron chi connectivity index (χ1n) is 10.9. The van der Waals surface area contributed by atoms with E-state index in [0.717, 1.165) is 38.5 Å². The van der Waals surface area contributed by atoms with Crippen LogP contribution in [-0.2, 0) is 14.3 Å². The lowest BCUT2D eigenvalue weighted by molar-refractivity contribution is -0.139. The standard InChI is InChI=1S/C24H34O4/c1-14-12-24(4)17(11-20(14)26)5-7-18-19-8-6-16(9-10-28-15(2)25)23(19,3)13-21(27)22(18)24/h9,11,14,18-19,21-22,27H,5-8,10,12-13H2,1-4H3/b16-9+/t14-,18+,19-,21-,22+,23+,24+/m1/s1. The van der Waals surface area contributed by atoms with Crippen molar-refractivity contribution >= 4 is 11.8 Å². The van der Waals surface area contributed by atoms with E-state index in [-0.39, 0.29) is 40.5 Å². The van der Waals surface area contributed by atoms with Crippen LogP contribution in [-0.4, -0.2) is 29.6 Å². The quantitative estimate of drug-likeness (QED) is 0.570. The summed E-state index contributed by atoms with van der Waals surface area (Å²) in [6, 6.07) is 0. The highest BCUT2D eigenvalue weighted by molar-refractivity contribution is 5.93. The monoisotopic (exact) mass is 386 g/mol. The number of esters is 1. The number of aliphatic hydroxyl groups is 1. The van der Waals surface area contributed by atoms with Gasteiger partial charge < -0.3 is 9.84 Å².